The molecule has 0 radical (unpaired) electrons. The number of pyridine rings is 1. The molecule has 1 fully saturated rings. The van der Waals surface area contributed by atoms with Gasteiger partial charge in [0, 0.05) is 6.07 Å². The molecule has 0 bridgehead atoms. The zero-order valence-corrected chi connectivity index (χ0v) is 11.1. The van der Waals surface area contributed by atoms with Crippen LogP contribution in [-0.2, 0) is 0 Å². The van der Waals surface area contributed by atoms with Crippen molar-refractivity contribution in [2.24, 2.45) is 0 Å². The Balaban J connectivity index is 2.21. The third kappa shape index (κ3) is 3.54. The number of nitrogens with one attached hydrogen (secondary N) is 1. The third-order valence-corrected chi connectivity index (χ3v) is 3.55. The van der Waals surface area contributed by atoms with Crippen molar-refractivity contribution in [2.75, 3.05) is 5.32 Å². The molecule has 2 N–H and O–H groups in total. The second-order valence-electron chi connectivity index (χ2n) is 4.72. The zero-order valence-electron chi connectivity index (χ0n) is 10.4. The molecule has 1 aromatic heterocycles. The van der Waals surface area contributed by atoms with Crippen molar-refractivity contribution in [1.29, 1.82) is 0 Å². The number of hydrogen-bond acceptors (Lipinski definition) is 5. The minimum absolute atomic E-state index is 0.124. The molecule has 0 amide bonds. The monoisotopic (exact) mass is 285 g/mol. The van der Waals surface area contributed by atoms with E-state index in [0.29, 0.717) is 6.42 Å². The first-order chi connectivity index (χ1) is 9.08. The first kappa shape index (κ1) is 14.0. The Morgan fingerprint density at radius 3 is 2.84 bits per heavy atom. The average molecular weight is 286 g/mol. The Morgan fingerprint density at radius 2 is 2.11 bits per heavy atom. The highest BCUT2D eigenvalue weighted by Gasteiger charge is 2.25. The van der Waals surface area contributed by atoms with E-state index < -0.39 is 11.0 Å². The molecular weight excluding hydrogens is 270 g/mol. The largest absolute Gasteiger partial charge is 0.391 e. The summed E-state index contributed by atoms with van der Waals surface area (Å²) in [6, 6.07) is 2.49. The van der Waals surface area contributed by atoms with Crippen LogP contribution in [0.5, 0.6) is 0 Å². The molecule has 0 aliphatic heterocycles. The second kappa shape index (κ2) is 6.16. The van der Waals surface area contributed by atoms with Crippen molar-refractivity contribution in [1.82, 2.24) is 4.98 Å². The molecule has 1 saturated carbocycles. The maximum Gasteiger partial charge on any atom is 0.311 e. The molecule has 0 saturated heterocycles. The van der Waals surface area contributed by atoms with Gasteiger partial charge in [0.2, 0.25) is 5.82 Å². The van der Waals surface area contributed by atoms with Gasteiger partial charge in [-0.2, -0.15) is 0 Å². The minimum Gasteiger partial charge on any atom is -0.391 e. The van der Waals surface area contributed by atoms with Crippen molar-refractivity contribution in [3.8, 4) is 0 Å². The average Bonchev–Trinajstić information content (AvgIpc) is 2.55. The first-order valence-electron chi connectivity index (χ1n) is 6.33. The predicted molar refractivity (Wildman–Crippen MR) is 72.4 cm³/mol. The Labute approximate surface area is 116 Å². The van der Waals surface area contributed by atoms with Crippen LogP contribution in [0.25, 0.3) is 0 Å². The fourth-order valence-electron chi connectivity index (χ4n) is 2.31. The number of aliphatic hydroxyl groups excluding tert-OH is 1. The summed E-state index contributed by atoms with van der Waals surface area (Å²) in [6.45, 7) is 0. The normalized spacial score (nSPS) is 23.7. The third-order valence-electron chi connectivity index (χ3n) is 3.34. The highest BCUT2D eigenvalue weighted by Crippen LogP contribution is 2.27. The van der Waals surface area contributed by atoms with Gasteiger partial charge in [0.05, 0.1) is 17.1 Å². The van der Waals surface area contributed by atoms with Crippen LogP contribution in [0.2, 0.25) is 5.15 Å². The van der Waals surface area contributed by atoms with Crippen LogP contribution in [0.15, 0.2) is 12.1 Å². The standard InChI is InChI=1S/C12H16ClN3O3/c13-11-7-6-9(16(18)19)12(15-11)14-8-4-2-1-3-5-10(8)17/h6-8,10,17H,1-5H2,(H,14,15). The Morgan fingerprint density at radius 1 is 1.37 bits per heavy atom. The van der Waals surface area contributed by atoms with Crippen LogP contribution in [0.3, 0.4) is 0 Å². The molecule has 2 rings (SSSR count). The van der Waals surface area contributed by atoms with E-state index in [4.69, 9.17) is 11.6 Å². The van der Waals surface area contributed by atoms with Gasteiger partial charge in [0.1, 0.15) is 5.15 Å². The lowest BCUT2D eigenvalue weighted by atomic mass is 10.1. The molecule has 2 unspecified atom stereocenters. The van der Waals surface area contributed by atoms with E-state index in [1.807, 2.05) is 0 Å². The summed E-state index contributed by atoms with van der Waals surface area (Å²) < 4.78 is 0. The molecule has 0 spiro atoms. The van der Waals surface area contributed by atoms with E-state index in [1.54, 1.807) is 0 Å². The number of rotatable bonds is 3. The molecule has 1 heterocycles. The van der Waals surface area contributed by atoms with Crippen LogP contribution in [0, 0.1) is 10.1 Å². The van der Waals surface area contributed by atoms with E-state index in [0.717, 1.165) is 25.7 Å². The van der Waals surface area contributed by atoms with Gasteiger partial charge in [-0.25, -0.2) is 4.98 Å². The quantitative estimate of drug-likeness (QED) is 0.386. The maximum absolute atomic E-state index is 10.9. The number of nitrogens with zero attached hydrogens (tertiary/aromatic N) is 2. The van der Waals surface area contributed by atoms with Crippen LogP contribution in [0.1, 0.15) is 32.1 Å². The molecule has 19 heavy (non-hydrogen) atoms. The van der Waals surface area contributed by atoms with Gasteiger partial charge >= 0.3 is 5.69 Å². The van der Waals surface area contributed by atoms with E-state index in [9.17, 15) is 15.2 Å². The van der Waals surface area contributed by atoms with Crippen molar-refractivity contribution < 1.29 is 10.0 Å². The number of nitro groups is 1. The zero-order chi connectivity index (χ0) is 13.8. The van der Waals surface area contributed by atoms with Crippen LogP contribution in [-0.4, -0.2) is 27.2 Å². The Bertz CT molecular complexity index is 470. The summed E-state index contributed by atoms with van der Waals surface area (Å²) in [4.78, 5) is 14.4. The fraction of sp³-hybridized carbons (Fsp3) is 0.583. The fourth-order valence-corrected chi connectivity index (χ4v) is 2.46. The second-order valence-corrected chi connectivity index (χ2v) is 5.10. The van der Waals surface area contributed by atoms with Crippen molar-refractivity contribution >= 4 is 23.1 Å². The lowest BCUT2D eigenvalue weighted by molar-refractivity contribution is -0.384. The summed E-state index contributed by atoms with van der Waals surface area (Å²) >= 11 is 5.77. The van der Waals surface area contributed by atoms with Gasteiger partial charge in [0.15, 0.2) is 0 Å². The van der Waals surface area contributed by atoms with Gasteiger partial charge in [-0.05, 0) is 18.9 Å². The van der Waals surface area contributed by atoms with E-state index in [1.165, 1.54) is 12.1 Å². The lowest BCUT2D eigenvalue weighted by Gasteiger charge is -2.22. The first-order valence-corrected chi connectivity index (χ1v) is 6.71. The minimum atomic E-state index is -0.511. The van der Waals surface area contributed by atoms with Gasteiger partial charge in [0.25, 0.3) is 0 Å². The Hall–Kier alpha value is -1.40. The highest BCUT2D eigenvalue weighted by atomic mass is 35.5. The van der Waals surface area contributed by atoms with Gasteiger partial charge in [-0.1, -0.05) is 30.9 Å². The van der Waals surface area contributed by atoms with Gasteiger partial charge < -0.3 is 10.4 Å². The summed E-state index contributed by atoms with van der Waals surface area (Å²) in [6.07, 6.45) is 4.00. The predicted octanol–water partition coefficient (Wildman–Crippen LogP) is 2.75. The molecular formula is C12H16ClN3O3. The van der Waals surface area contributed by atoms with Crippen molar-refractivity contribution in [3.05, 3.63) is 27.4 Å². The molecule has 7 heteroatoms. The SMILES string of the molecule is O=[N+]([O-])c1ccc(Cl)nc1NC1CCCCCC1O. The number of halogens is 1. The summed E-state index contributed by atoms with van der Waals surface area (Å²) in [5.74, 6) is 0.128. The Kier molecular flexibility index (Phi) is 4.55. The molecule has 1 aromatic rings. The van der Waals surface area contributed by atoms with Crippen molar-refractivity contribution in [2.45, 2.75) is 44.2 Å². The summed E-state index contributed by atoms with van der Waals surface area (Å²) in [5, 5.41) is 24.1. The topological polar surface area (TPSA) is 88.3 Å². The summed E-state index contributed by atoms with van der Waals surface area (Å²) in [5.41, 5.74) is -0.124. The summed E-state index contributed by atoms with van der Waals surface area (Å²) in [7, 11) is 0. The molecule has 0 aromatic carbocycles. The number of aromatic nitrogens is 1. The number of aliphatic hydroxyl groups is 1. The molecule has 6 nitrogen and oxygen atoms in total. The smallest absolute Gasteiger partial charge is 0.311 e. The van der Waals surface area contributed by atoms with E-state index in [2.05, 4.69) is 10.3 Å². The molecule has 1 aliphatic carbocycles. The van der Waals surface area contributed by atoms with E-state index >= 15 is 0 Å². The van der Waals surface area contributed by atoms with Crippen LogP contribution < -0.4 is 5.32 Å². The van der Waals surface area contributed by atoms with E-state index in [-0.39, 0.29) is 22.7 Å². The number of hydrogen-bond donors (Lipinski definition) is 2. The van der Waals surface area contributed by atoms with Gasteiger partial charge in [-0.3, -0.25) is 10.1 Å². The molecule has 104 valence electrons. The highest BCUT2D eigenvalue weighted by molar-refractivity contribution is 6.29. The van der Waals surface area contributed by atoms with Crippen LogP contribution >= 0.6 is 11.6 Å². The van der Waals surface area contributed by atoms with Crippen molar-refractivity contribution in [3.63, 3.8) is 0 Å². The van der Waals surface area contributed by atoms with Crippen LogP contribution in [0.4, 0.5) is 11.5 Å². The molecule has 1 aliphatic rings. The lowest BCUT2D eigenvalue weighted by Crippen LogP contribution is -2.33. The maximum atomic E-state index is 10.9. The molecule has 2 atom stereocenters. The van der Waals surface area contributed by atoms with Gasteiger partial charge in [-0.15, -0.1) is 0 Å². The number of anilines is 1.